The Hall–Kier alpha value is -1.98. The molecule has 0 aromatic carbocycles. The number of anilines is 1. The summed E-state index contributed by atoms with van der Waals surface area (Å²) in [6.45, 7) is 3.18. The van der Waals surface area contributed by atoms with Gasteiger partial charge in [-0.05, 0) is 29.0 Å². The van der Waals surface area contributed by atoms with Gasteiger partial charge in [-0.3, -0.25) is 4.57 Å². The number of aryl methyl sites for hydroxylation is 2. The van der Waals surface area contributed by atoms with Crippen LogP contribution in [0.15, 0.2) is 22.7 Å². The Labute approximate surface area is 143 Å². The average molecular weight is 371 g/mol. The van der Waals surface area contributed by atoms with Crippen LogP contribution in [0.25, 0.3) is 0 Å². The molecule has 3 rings (SSSR count). The second-order valence-electron chi connectivity index (χ2n) is 5.52. The quantitative estimate of drug-likeness (QED) is 0.591. The summed E-state index contributed by atoms with van der Waals surface area (Å²) in [5.74, 6) is 0.201. The third kappa shape index (κ3) is 2.89. The molecule has 0 bridgehead atoms. The molecule has 0 unspecified atom stereocenters. The van der Waals surface area contributed by atoms with E-state index in [-0.39, 0.29) is 18.9 Å². The minimum atomic E-state index is -3.50. The molecule has 0 atom stereocenters. The van der Waals surface area contributed by atoms with E-state index in [9.17, 15) is 18.5 Å². The number of hydrogen-bond acceptors (Lipinski definition) is 7. The van der Waals surface area contributed by atoms with Crippen molar-refractivity contribution in [1.82, 2.24) is 13.9 Å². The fraction of sp³-hybridized carbons (Fsp3) is 0.462. The van der Waals surface area contributed by atoms with Crippen LogP contribution in [0, 0.1) is 17.0 Å². The average Bonchev–Trinajstić information content (AvgIpc) is 3.14. The van der Waals surface area contributed by atoms with Crippen molar-refractivity contribution in [1.29, 1.82) is 0 Å². The third-order valence-electron chi connectivity index (χ3n) is 3.91. The lowest BCUT2D eigenvalue weighted by Gasteiger charge is -2.34. The number of sulfonamides is 1. The molecule has 2 aromatic heterocycles. The predicted octanol–water partition coefficient (Wildman–Crippen LogP) is 1.21. The molecular formula is C13H17N5O4S2. The molecule has 1 aliphatic heterocycles. The van der Waals surface area contributed by atoms with Gasteiger partial charge < -0.3 is 15.0 Å². The summed E-state index contributed by atoms with van der Waals surface area (Å²) in [6.07, 6.45) is 1.39. The summed E-state index contributed by atoms with van der Waals surface area (Å²) >= 11 is 1.25. The minimum Gasteiger partial charge on any atom is -0.358 e. The van der Waals surface area contributed by atoms with E-state index in [0.717, 1.165) is 4.88 Å². The third-order valence-corrected chi connectivity index (χ3v) is 7.28. The lowest BCUT2D eigenvalue weighted by atomic mass is 10.3. The van der Waals surface area contributed by atoms with Gasteiger partial charge in [0.15, 0.2) is 0 Å². The Bertz CT molecular complexity index is 865. The summed E-state index contributed by atoms with van der Waals surface area (Å²) in [7, 11) is -1.81. The van der Waals surface area contributed by atoms with Gasteiger partial charge in [-0.1, -0.05) is 0 Å². The second kappa shape index (κ2) is 6.15. The zero-order valence-electron chi connectivity index (χ0n) is 13.2. The van der Waals surface area contributed by atoms with E-state index in [2.05, 4.69) is 4.98 Å². The van der Waals surface area contributed by atoms with Crippen molar-refractivity contribution < 1.29 is 13.3 Å². The van der Waals surface area contributed by atoms with E-state index >= 15 is 0 Å². The van der Waals surface area contributed by atoms with Crippen molar-refractivity contribution in [2.24, 2.45) is 7.05 Å². The van der Waals surface area contributed by atoms with Crippen molar-refractivity contribution in [3.8, 4) is 0 Å². The fourth-order valence-electron chi connectivity index (χ4n) is 2.72. The highest BCUT2D eigenvalue weighted by molar-refractivity contribution is 7.91. The number of nitro groups is 1. The maximum absolute atomic E-state index is 12.6. The number of aromatic nitrogens is 2. The van der Waals surface area contributed by atoms with Gasteiger partial charge in [-0.15, -0.1) is 11.3 Å². The summed E-state index contributed by atoms with van der Waals surface area (Å²) in [4.78, 5) is 17.1. The largest absolute Gasteiger partial charge is 0.406 e. The van der Waals surface area contributed by atoms with Crippen LogP contribution < -0.4 is 4.90 Å². The van der Waals surface area contributed by atoms with Gasteiger partial charge in [0.05, 0.1) is 0 Å². The topological polar surface area (TPSA) is 102 Å². The summed E-state index contributed by atoms with van der Waals surface area (Å²) in [5.41, 5.74) is 0. The molecule has 11 heteroatoms. The molecule has 0 N–H and O–H groups in total. The molecule has 1 aliphatic rings. The van der Waals surface area contributed by atoms with E-state index in [0.29, 0.717) is 23.1 Å². The Morgan fingerprint density at radius 2 is 1.92 bits per heavy atom. The van der Waals surface area contributed by atoms with Crippen LogP contribution in [-0.2, 0) is 17.1 Å². The van der Waals surface area contributed by atoms with E-state index in [1.807, 2.05) is 6.92 Å². The minimum absolute atomic E-state index is 0.206. The maximum Gasteiger partial charge on any atom is 0.406 e. The lowest BCUT2D eigenvalue weighted by molar-refractivity contribution is -0.388. The lowest BCUT2D eigenvalue weighted by Crippen LogP contribution is -2.49. The number of nitrogens with zero attached hydrogens (tertiary/aromatic N) is 5. The van der Waals surface area contributed by atoms with E-state index in [1.165, 1.54) is 22.0 Å². The molecule has 130 valence electrons. The van der Waals surface area contributed by atoms with Gasteiger partial charge >= 0.3 is 5.82 Å². The normalized spacial score (nSPS) is 16.5. The smallest absolute Gasteiger partial charge is 0.358 e. The molecule has 9 nitrogen and oxygen atoms in total. The molecule has 0 saturated carbocycles. The highest BCUT2D eigenvalue weighted by atomic mass is 32.2. The molecular weight excluding hydrogens is 354 g/mol. The number of thiophene rings is 1. The van der Waals surface area contributed by atoms with Crippen LogP contribution in [0.1, 0.15) is 4.88 Å². The standard InChI is InChI=1S/C13H17N5O4S2/c1-10-3-4-11(23-10)24(21,22)17-7-5-16(6-8-17)13-12(18(19)20)14-9-15(13)2/h3-4,9H,5-8H2,1-2H3. The van der Waals surface area contributed by atoms with Crippen LogP contribution in [0.3, 0.4) is 0 Å². The summed E-state index contributed by atoms with van der Waals surface area (Å²) in [5, 5.41) is 11.1. The SMILES string of the molecule is Cc1ccc(S(=O)(=O)N2CCN(c3c([N+](=O)[O-])ncn3C)CC2)s1. The van der Waals surface area contributed by atoms with Crippen molar-refractivity contribution in [2.75, 3.05) is 31.1 Å². The Balaban J connectivity index is 1.77. The first kappa shape index (κ1) is 16.9. The van der Waals surface area contributed by atoms with Gasteiger partial charge in [-0.25, -0.2) is 8.42 Å². The van der Waals surface area contributed by atoms with Crippen LogP contribution >= 0.6 is 11.3 Å². The van der Waals surface area contributed by atoms with Crippen molar-refractivity contribution in [3.05, 3.63) is 33.5 Å². The highest BCUT2D eigenvalue weighted by Gasteiger charge is 2.33. The molecule has 0 aliphatic carbocycles. The van der Waals surface area contributed by atoms with E-state index in [4.69, 9.17) is 0 Å². The van der Waals surface area contributed by atoms with Gasteiger partial charge in [0, 0.05) is 38.1 Å². The summed E-state index contributed by atoms with van der Waals surface area (Å²) in [6, 6.07) is 3.40. The highest BCUT2D eigenvalue weighted by Crippen LogP contribution is 2.29. The predicted molar refractivity (Wildman–Crippen MR) is 89.9 cm³/mol. The first-order chi connectivity index (χ1) is 11.3. The molecule has 1 saturated heterocycles. The summed E-state index contributed by atoms with van der Waals surface area (Å²) < 4.78 is 28.6. The fourth-order valence-corrected chi connectivity index (χ4v) is 5.58. The first-order valence-electron chi connectivity index (χ1n) is 7.28. The van der Waals surface area contributed by atoms with Gasteiger partial charge in [0.25, 0.3) is 10.0 Å². The van der Waals surface area contributed by atoms with Crippen LogP contribution in [0.2, 0.25) is 0 Å². The zero-order chi connectivity index (χ0) is 17.5. The number of imidazole rings is 1. The van der Waals surface area contributed by atoms with E-state index < -0.39 is 14.9 Å². The van der Waals surface area contributed by atoms with E-state index in [1.54, 1.807) is 28.6 Å². The Kier molecular flexibility index (Phi) is 4.32. The molecule has 0 amide bonds. The van der Waals surface area contributed by atoms with Crippen LogP contribution in [0.5, 0.6) is 0 Å². The molecule has 0 spiro atoms. The monoisotopic (exact) mass is 371 g/mol. The maximum atomic E-state index is 12.6. The van der Waals surface area contributed by atoms with Gasteiger partial charge in [0.1, 0.15) is 4.21 Å². The number of piperazine rings is 1. The first-order valence-corrected chi connectivity index (χ1v) is 9.53. The van der Waals surface area contributed by atoms with Crippen molar-refractivity contribution in [3.63, 3.8) is 0 Å². The zero-order valence-corrected chi connectivity index (χ0v) is 14.9. The molecule has 3 heterocycles. The van der Waals surface area contributed by atoms with Gasteiger partial charge in [-0.2, -0.15) is 4.31 Å². The van der Waals surface area contributed by atoms with Crippen LogP contribution in [0.4, 0.5) is 11.6 Å². The Morgan fingerprint density at radius 3 is 2.46 bits per heavy atom. The van der Waals surface area contributed by atoms with Crippen molar-refractivity contribution in [2.45, 2.75) is 11.1 Å². The van der Waals surface area contributed by atoms with Crippen molar-refractivity contribution >= 4 is 33.0 Å². The second-order valence-corrected chi connectivity index (χ2v) is 8.97. The number of hydrogen-bond donors (Lipinski definition) is 0. The number of rotatable bonds is 4. The Morgan fingerprint density at radius 1 is 1.25 bits per heavy atom. The molecule has 0 radical (unpaired) electrons. The molecule has 2 aromatic rings. The van der Waals surface area contributed by atoms with Gasteiger partial charge in [0.2, 0.25) is 12.1 Å². The molecule has 24 heavy (non-hydrogen) atoms. The molecule has 1 fully saturated rings. The van der Waals surface area contributed by atoms with Crippen LogP contribution in [-0.4, -0.2) is 53.4 Å².